The molecule has 3 rings (SSSR count). The molecule has 0 saturated heterocycles. The van der Waals surface area contributed by atoms with Gasteiger partial charge in [-0.15, -0.1) is 0 Å². The number of benzene rings is 3. The van der Waals surface area contributed by atoms with E-state index >= 15 is 0 Å². The number of aryl methyl sites for hydroxylation is 3. The zero-order valence-corrected chi connectivity index (χ0v) is 21.6. The van der Waals surface area contributed by atoms with Crippen molar-refractivity contribution in [1.82, 2.24) is 9.73 Å². The van der Waals surface area contributed by atoms with Crippen molar-refractivity contribution in [3.8, 4) is 5.75 Å². The number of rotatable bonds is 11. The lowest BCUT2D eigenvalue weighted by Crippen LogP contribution is -2.39. The van der Waals surface area contributed by atoms with Gasteiger partial charge >= 0.3 is 0 Å². The van der Waals surface area contributed by atoms with Crippen molar-refractivity contribution in [3.63, 3.8) is 0 Å². The van der Waals surface area contributed by atoms with E-state index in [1.807, 2.05) is 49.4 Å². The van der Waals surface area contributed by atoms with Crippen LogP contribution in [0.3, 0.4) is 0 Å². The van der Waals surface area contributed by atoms with E-state index in [4.69, 9.17) is 4.74 Å². The lowest BCUT2D eigenvalue weighted by molar-refractivity contribution is -0.121. The second kappa shape index (κ2) is 12.3. The quantitative estimate of drug-likeness (QED) is 0.236. The molecule has 1 amide bonds. The number of sulfonamides is 1. The fraction of sp³-hybridized carbons (Fsp3) is 0.214. The van der Waals surface area contributed by atoms with Crippen LogP contribution >= 0.6 is 0 Å². The first-order valence-corrected chi connectivity index (χ1v) is 12.9. The van der Waals surface area contributed by atoms with Crippen molar-refractivity contribution in [2.24, 2.45) is 5.10 Å². The molecular weight excluding hydrogens is 474 g/mol. The molecule has 36 heavy (non-hydrogen) atoms. The van der Waals surface area contributed by atoms with Crippen molar-refractivity contribution < 1.29 is 17.9 Å². The summed E-state index contributed by atoms with van der Waals surface area (Å²) in [5, 5.41) is 3.99. The summed E-state index contributed by atoms with van der Waals surface area (Å²) in [6.45, 7) is 9.16. The normalized spacial score (nSPS) is 11.6. The van der Waals surface area contributed by atoms with Gasteiger partial charge in [0.15, 0.2) is 0 Å². The SMILES string of the molecule is C=CCOc1ccc(/C=N\NC(=O)CN(Cc2ccccc2)S(=O)(=O)c2c(C)cc(C)cc2C)cc1. The van der Waals surface area contributed by atoms with Gasteiger partial charge in [0.2, 0.25) is 10.0 Å². The Bertz CT molecular complexity index is 1310. The smallest absolute Gasteiger partial charge is 0.255 e. The number of hydrogen-bond donors (Lipinski definition) is 1. The Labute approximate surface area is 213 Å². The predicted molar refractivity (Wildman–Crippen MR) is 143 cm³/mol. The summed E-state index contributed by atoms with van der Waals surface area (Å²) in [6.07, 6.45) is 3.15. The Morgan fingerprint density at radius 2 is 1.67 bits per heavy atom. The molecule has 188 valence electrons. The summed E-state index contributed by atoms with van der Waals surface area (Å²) in [4.78, 5) is 13.0. The first kappa shape index (κ1) is 26.8. The van der Waals surface area contributed by atoms with E-state index in [-0.39, 0.29) is 18.0 Å². The van der Waals surface area contributed by atoms with Crippen molar-refractivity contribution in [2.75, 3.05) is 13.2 Å². The third kappa shape index (κ3) is 7.13. The van der Waals surface area contributed by atoms with Gasteiger partial charge in [0.05, 0.1) is 17.7 Å². The topological polar surface area (TPSA) is 88.1 Å². The van der Waals surface area contributed by atoms with Gasteiger partial charge in [-0.1, -0.05) is 60.7 Å². The van der Waals surface area contributed by atoms with E-state index in [1.54, 1.807) is 44.2 Å². The number of hydrazone groups is 1. The maximum atomic E-state index is 13.7. The highest BCUT2D eigenvalue weighted by molar-refractivity contribution is 7.89. The van der Waals surface area contributed by atoms with Gasteiger partial charge < -0.3 is 4.74 Å². The lowest BCUT2D eigenvalue weighted by Gasteiger charge is -2.24. The lowest BCUT2D eigenvalue weighted by atomic mass is 10.1. The molecule has 0 fully saturated rings. The molecular formula is C28H31N3O4S. The maximum absolute atomic E-state index is 13.7. The molecule has 0 heterocycles. The van der Waals surface area contributed by atoms with Gasteiger partial charge in [-0.05, 0) is 67.3 Å². The molecule has 0 aliphatic heterocycles. The summed E-state index contributed by atoms with van der Waals surface area (Å²) in [6, 6.07) is 20.0. The Balaban J connectivity index is 1.78. The van der Waals surface area contributed by atoms with Gasteiger partial charge in [-0.3, -0.25) is 4.79 Å². The molecule has 0 bridgehead atoms. The second-order valence-corrected chi connectivity index (χ2v) is 10.3. The summed E-state index contributed by atoms with van der Waals surface area (Å²) in [7, 11) is -3.96. The van der Waals surface area contributed by atoms with Crippen LogP contribution in [-0.2, 0) is 21.4 Å². The molecule has 8 heteroatoms. The summed E-state index contributed by atoms with van der Waals surface area (Å²) >= 11 is 0. The van der Waals surface area contributed by atoms with Crippen LogP contribution in [0.4, 0.5) is 0 Å². The first-order valence-electron chi connectivity index (χ1n) is 11.5. The highest BCUT2D eigenvalue weighted by Gasteiger charge is 2.29. The van der Waals surface area contributed by atoms with Crippen LogP contribution in [0.15, 0.2) is 89.4 Å². The molecule has 3 aromatic rings. The zero-order valence-electron chi connectivity index (χ0n) is 20.8. The second-order valence-electron chi connectivity index (χ2n) is 8.45. The highest BCUT2D eigenvalue weighted by Crippen LogP contribution is 2.26. The van der Waals surface area contributed by atoms with E-state index in [1.165, 1.54) is 10.5 Å². The van der Waals surface area contributed by atoms with Crippen LogP contribution in [0.1, 0.15) is 27.8 Å². The van der Waals surface area contributed by atoms with Crippen LogP contribution in [0, 0.1) is 20.8 Å². The summed E-state index contributed by atoms with van der Waals surface area (Å²) in [5.74, 6) is 0.152. The van der Waals surface area contributed by atoms with Gasteiger partial charge in [0, 0.05) is 6.54 Å². The Morgan fingerprint density at radius 3 is 2.28 bits per heavy atom. The fourth-order valence-electron chi connectivity index (χ4n) is 3.90. The van der Waals surface area contributed by atoms with E-state index in [2.05, 4.69) is 17.1 Å². The maximum Gasteiger partial charge on any atom is 0.255 e. The van der Waals surface area contributed by atoms with E-state index < -0.39 is 15.9 Å². The van der Waals surface area contributed by atoms with Gasteiger partial charge in [0.25, 0.3) is 5.91 Å². The molecule has 0 aliphatic rings. The van der Waals surface area contributed by atoms with Crippen LogP contribution in [0.25, 0.3) is 0 Å². The molecule has 7 nitrogen and oxygen atoms in total. The average molecular weight is 506 g/mol. The number of hydrogen-bond acceptors (Lipinski definition) is 5. The highest BCUT2D eigenvalue weighted by atomic mass is 32.2. The number of amides is 1. The van der Waals surface area contributed by atoms with Crippen molar-refractivity contribution >= 4 is 22.1 Å². The number of nitrogens with one attached hydrogen (secondary N) is 1. The molecule has 0 unspecified atom stereocenters. The average Bonchev–Trinajstić information content (AvgIpc) is 2.83. The predicted octanol–water partition coefficient (Wildman–Crippen LogP) is 4.52. The monoisotopic (exact) mass is 505 g/mol. The minimum absolute atomic E-state index is 0.0548. The van der Waals surface area contributed by atoms with Crippen LogP contribution in [0.2, 0.25) is 0 Å². The van der Waals surface area contributed by atoms with Crippen LogP contribution < -0.4 is 10.2 Å². The van der Waals surface area contributed by atoms with Crippen LogP contribution in [0.5, 0.6) is 5.75 Å². The molecule has 0 aromatic heterocycles. The van der Waals surface area contributed by atoms with E-state index in [0.717, 1.165) is 16.7 Å². The Kier molecular flexibility index (Phi) is 9.16. The van der Waals surface area contributed by atoms with Gasteiger partial charge in [-0.25, -0.2) is 13.8 Å². The molecule has 0 atom stereocenters. The number of carbonyl (C=O) groups is 1. The van der Waals surface area contributed by atoms with Gasteiger partial charge in [0.1, 0.15) is 12.4 Å². The molecule has 0 spiro atoms. The largest absolute Gasteiger partial charge is 0.490 e. The first-order chi connectivity index (χ1) is 17.2. The molecule has 1 N–H and O–H groups in total. The summed E-state index contributed by atoms with van der Waals surface area (Å²) < 4.78 is 34.1. The Hall–Kier alpha value is -3.75. The minimum atomic E-state index is -3.96. The molecule has 3 aromatic carbocycles. The van der Waals surface area contributed by atoms with Crippen molar-refractivity contribution in [3.05, 3.63) is 107 Å². The zero-order chi connectivity index (χ0) is 26.1. The number of ether oxygens (including phenoxy) is 1. The minimum Gasteiger partial charge on any atom is -0.490 e. The van der Waals surface area contributed by atoms with Crippen molar-refractivity contribution in [2.45, 2.75) is 32.2 Å². The number of carbonyl (C=O) groups excluding carboxylic acids is 1. The Morgan fingerprint density at radius 1 is 1.03 bits per heavy atom. The third-order valence-electron chi connectivity index (χ3n) is 5.38. The standard InChI is InChI=1S/C28H31N3O4S/c1-5-15-35-26-13-11-24(12-14-26)18-29-30-27(32)20-31(19-25-9-7-6-8-10-25)36(33,34)28-22(3)16-21(2)17-23(28)4/h5-14,16-18H,1,15,19-20H2,2-4H3,(H,30,32)/b29-18-. The third-order valence-corrected chi connectivity index (χ3v) is 7.47. The van der Waals surface area contributed by atoms with E-state index in [9.17, 15) is 13.2 Å². The van der Waals surface area contributed by atoms with E-state index in [0.29, 0.717) is 23.5 Å². The van der Waals surface area contributed by atoms with Gasteiger partial charge in [-0.2, -0.15) is 9.41 Å². The molecule has 0 saturated carbocycles. The van der Waals surface area contributed by atoms with Crippen LogP contribution in [-0.4, -0.2) is 38.0 Å². The molecule has 0 radical (unpaired) electrons. The summed E-state index contributed by atoms with van der Waals surface area (Å²) in [5.41, 5.74) is 6.23. The fourth-order valence-corrected chi connectivity index (χ4v) is 5.69. The molecule has 0 aliphatic carbocycles. The van der Waals surface area contributed by atoms with Crippen molar-refractivity contribution in [1.29, 1.82) is 0 Å². The number of nitrogens with zero attached hydrogens (tertiary/aromatic N) is 2.